The number of benzene rings is 1. The zero-order chi connectivity index (χ0) is 10.6. The van der Waals surface area contributed by atoms with Crippen LogP contribution in [0.15, 0.2) is 18.2 Å². The molecule has 0 aliphatic carbocycles. The second kappa shape index (κ2) is 5.08. The monoisotopic (exact) mass is 233 g/mol. The van der Waals surface area contributed by atoms with Crippen molar-refractivity contribution in [3.05, 3.63) is 33.8 Å². The number of amides is 1. The molecule has 0 bridgehead atoms. The van der Waals surface area contributed by atoms with E-state index >= 15 is 0 Å². The van der Waals surface area contributed by atoms with E-state index in [0.29, 0.717) is 23.0 Å². The molecule has 0 aliphatic rings. The van der Waals surface area contributed by atoms with Crippen LogP contribution in [0.25, 0.3) is 0 Å². The Morgan fingerprint density at radius 1 is 1.43 bits per heavy atom. The minimum atomic E-state index is -1.04. The summed E-state index contributed by atoms with van der Waals surface area (Å²) in [5.41, 5.74) is 0.841. The van der Waals surface area contributed by atoms with Crippen LogP contribution in [0, 0.1) is 0 Å². The van der Waals surface area contributed by atoms with E-state index in [1.807, 2.05) is 6.07 Å². The van der Waals surface area contributed by atoms with Gasteiger partial charge >= 0.3 is 6.09 Å². The number of nitrogens with one attached hydrogen (secondary N) is 1. The Morgan fingerprint density at radius 2 is 2.14 bits per heavy atom. The topological polar surface area (TPSA) is 49.3 Å². The van der Waals surface area contributed by atoms with Crippen LogP contribution in [0.5, 0.6) is 0 Å². The van der Waals surface area contributed by atoms with Crippen molar-refractivity contribution in [1.82, 2.24) is 5.32 Å². The van der Waals surface area contributed by atoms with Crippen molar-refractivity contribution in [2.24, 2.45) is 0 Å². The van der Waals surface area contributed by atoms with E-state index in [1.54, 1.807) is 12.1 Å². The molecule has 0 atom stereocenters. The number of halogens is 2. The molecule has 1 amide bonds. The van der Waals surface area contributed by atoms with Gasteiger partial charge in [-0.1, -0.05) is 35.3 Å². The summed E-state index contributed by atoms with van der Waals surface area (Å²) in [7, 11) is 0. The highest BCUT2D eigenvalue weighted by atomic mass is 35.5. The summed E-state index contributed by atoms with van der Waals surface area (Å²) in [6.07, 6.45) is -0.505. The van der Waals surface area contributed by atoms with E-state index in [0.717, 1.165) is 5.56 Å². The lowest BCUT2D eigenvalue weighted by Gasteiger charge is -2.05. The SMILES string of the molecule is O=C(O)NCCc1cccc(Cl)c1Cl. The second-order valence-electron chi connectivity index (χ2n) is 2.69. The highest BCUT2D eigenvalue weighted by Gasteiger charge is 2.04. The van der Waals surface area contributed by atoms with Crippen LogP contribution in [0.2, 0.25) is 10.0 Å². The van der Waals surface area contributed by atoms with Gasteiger partial charge in [-0.05, 0) is 18.1 Å². The van der Waals surface area contributed by atoms with Crippen LogP contribution in [0.1, 0.15) is 5.56 Å². The van der Waals surface area contributed by atoms with Gasteiger partial charge in [0.15, 0.2) is 0 Å². The minimum Gasteiger partial charge on any atom is -0.465 e. The quantitative estimate of drug-likeness (QED) is 0.844. The van der Waals surface area contributed by atoms with Crippen LogP contribution < -0.4 is 5.32 Å². The van der Waals surface area contributed by atoms with Gasteiger partial charge in [0.1, 0.15) is 0 Å². The normalized spacial score (nSPS) is 9.86. The zero-order valence-electron chi connectivity index (χ0n) is 7.26. The van der Waals surface area contributed by atoms with Crippen molar-refractivity contribution in [3.8, 4) is 0 Å². The Morgan fingerprint density at radius 3 is 2.79 bits per heavy atom. The summed E-state index contributed by atoms with van der Waals surface area (Å²) in [5, 5.41) is 11.6. The summed E-state index contributed by atoms with van der Waals surface area (Å²) >= 11 is 11.7. The molecule has 1 aromatic rings. The predicted octanol–water partition coefficient (Wildman–Crippen LogP) is 2.80. The average molecular weight is 234 g/mol. The van der Waals surface area contributed by atoms with Gasteiger partial charge in [-0.2, -0.15) is 0 Å². The number of carbonyl (C=O) groups is 1. The third-order valence-electron chi connectivity index (χ3n) is 1.70. The van der Waals surface area contributed by atoms with Gasteiger partial charge in [0, 0.05) is 6.54 Å². The molecule has 76 valence electrons. The second-order valence-corrected chi connectivity index (χ2v) is 3.48. The molecule has 3 nitrogen and oxygen atoms in total. The van der Waals surface area contributed by atoms with Crippen LogP contribution in [0.3, 0.4) is 0 Å². The van der Waals surface area contributed by atoms with Crippen LogP contribution in [-0.4, -0.2) is 17.7 Å². The minimum absolute atomic E-state index is 0.329. The molecule has 0 heterocycles. The van der Waals surface area contributed by atoms with Crippen molar-refractivity contribution in [3.63, 3.8) is 0 Å². The average Bonchev–Trinajstić information content (AvgIpc) is 2.12. The van der Waals surface area contributed by atoms with Crippen molar-refractivity contribution in [2.75, 3.05) is 6.54 Å². The molecular weight excluding hydrogens is 225 g/mol. The molecule has 1 rings (SSSR count). The summed E-state index contributed by atoms with van der Waals surface area (Å²) in [4.78, 5) is 10.2. The Kier molecular flexibility index (Phi) is 4.04. The highest BCUT2D eigenvalue weighted by Crippen LogP contribution is 2.25. The number of hydrogen-bond donors (Lipinski definition) is 2. The van der Waals surface area contributed by atoms with E-state index in [9.17, 15) is 4.79 Å². The molecule has 0 saturated carbocycles. The molecule has 0 radical (unpaired) electrons. The molecule has 0 aliphatic heterocycles. The van der Waals surface area contributed by atoms with Crippen molar-refractivity contribution in [1.29, 1.82) is 0 Å². The fourth-order valence-corrected chi connectivity index (χ4v) is 1.46. The molecule has 5 heteroatoms. The molecule has 0 unspecified atom stereocenters. The van der Waals surface area contributed by atoms with E-state index < -0.39 is 6.09 Å². The van der Waals surface area contributed by atoms with Crippen LogP contribution >= 0.6 is 23.2 Å². The Balaban J connectivity index is 2.59. The van der Waals surface area contributed by atoms with E-state index in [-0.39, 0.29) is 0 Å². The largest absolute Gasteiger partial charge is 0.465 e. The van der Waals surface area contributed by atoms with Crippen molar-refractivity contribution >= 4 is 29.3 Å². The number of rotatable bonds is 3. The summed E-state index contributed by atoms with van der Waals surface area (Å²) in [5.74, 6) is 0. The van der Waals surface area contributed by atoms with Gasteiger partial charge < -0.3 is 10.4 Å². The first kappa shape index (κ1) is 11.1. The van der Waals surface area contributed by atoms with E-state index in [2.05, 4.69) is 5.32 Å². The van der Waals surface area contributed by atoms with Crippen LogP contribution in [-0.2, 0) is 6.42 Å². The molecule has 0 spiro atoms. The van der Waals surface area contributed by atoms with Gasteiger partial charge in [0.2, 0.25) is 0 Å². The molecule has 0 saturated heterocycles. The van der Waals surface area contributed by atoms with Crippen LogP contribution in [0.4, 0.5) is 4.79 Å². The van der Waals surface area contributed by atoms with Gasteiger partial charge in [0.25, 0.3) is 0 Å². The maximum absolute atomic E-state index is 10.2. The standard InChI is InChI=1S/C9H9Cl2NO2/c10-7-3-1-2-6(8(7)11)4-5-12-9(13)14/h1-3,12H,4-5H2,(H,13,14). The van der Waals surface area contributed by atoms with Gasteiger partial charge in [0.05, 0.1) is 10.0 Å². The lowest BCUT2D eigenvalue weighted by molar-refractivity contribution is 0.194. The smallest absolute Gasteiger partial charge is 0.404 e. The first-order valence-corrected chi connectivity index (χ1v) is 4.76. The third kappa shape index (κ3) is 3.09. The molecule has 14 heavy (non-hydrogen) atoms. The molecular formula is C9H9Cl2NO2. The number of hydrogen-bond acceptors (Lipinski definition) is 1. The van der Waals surface area contributed by atoms with Gasteiger partial charge in [-0.3, -0.25) is 0 Å². The lowest BCUT2D eigenvalue weighted by atomic mass is 10.1. The summed E-state index contributed by atoms with van der Waals surface area (Å²) in [6, 6.07) is 5.29. The van der Waals surface area contributed by atoms with E-state index in [4.69, 9.17) is 28.3 Å². The predicted molar refractivity (Wildman–Crippen MR) is 56.2 cm³/mol. The molecule has 2 N–H and O–H groups in total. The van der Waals surface area contributed by atoms with Gasteiger partial charge in [-0.25, -0.2) is 4.79 Å². The first-order valence-electron chi connectivity index (χ1n) is 4.01. The molecule has 1 aromatic carbocycles. The van der Waals surface area contributed by atoms with Gasteiger partial charge in [-0.15, -0.1) is 0 Å². The third-order valence-corrected chi connectivity index (χ3v) is 2.56. The zero-order valence-corrected chi connectivity index (χ0v) is 8.77. The first-order chi connectivity index (χ1) is 6.61. The fraction of sp³-hybridized carbons (Fsp3) is 0.222. The maximum atomic E-state index is 10.2. The van der Waals surface area contributed by atoms with Crippen molar-refractivity contribution < 1.29 is 9.90 Å². The molecule has 0 fully saturated rings. The van der Waals surface area contributed by atoms with E-state index in [1.165, 1.54) is 0 Å². The summed E-state index contributed by atoms with van der Waals surface area (Å²) in [6.45, 7) is 0.329. The Labute approximate surface area is 91.6 Å². The summed E-state index contributed by atoms with van der Waals surface area (Å²) < 4.78 is 0. The lowest BCUT2D eigenvalue weighted by Crippen LogP contribution is -2.23. The number of carboxylic acid groups (broad SMARTS) is 1. The van der Waals surface area contributed by atoms with Crippen molar-refractivity contribution in [2.45, 2.75) is 6.42 Å². The Hall–Kier alpha value is -0.930. The maximum Gasteiger partial charge on any atom is 0.404 e. The Bertz CT molecular complexity index is 342. The molecule has 0 aromatic heterocycles. The fourth-order valence-electron chi connectivity index (χ4n) is 1.05. The highest BCUT2D eigenvalue weighted by molar-refractivity contribution is 6.42.